The molecule has 0 saturated heterocycles. The number of anilines is 3. The zero-order chi connectivity index (χ0) is 47.1. The Bertz CT molecular complexity index is 3950. The summed E-state index contributed by atoms with van der Waals surface area (Å²) in [5.41, 5.74) is 22.4. The van der Waals surface area contributed by atoms with Crippen LogP contribution in [0.2, 0.25) is 0 Å². The Morgan fingerprint density at radius 1 is 0.408 bits per heavy atom. The fourth-order valence-corrected chi connectivity index (χ4v) is 12.6. The van der Waals surface area contributed by atoms with Crippen molar-refractivity contribution >= 4 is 44.6 Å². The van der Waals surface area contributed by atoms with Crippen LogP contribution in [0, 0.1) is 0 Å². The first-order chi connectivity index (χ1) is 35.1. The van der Waals surface area contributed by atoms with Gasteiger partial charge in [-0.2, -0.15) is 0 Å². The third-order valence-corrected chi connectivity index (χ3v) is 15.6. The van der Waals surface area contributed by atoms with Gasteiger partial charge < -0.3 is 9.32 Å². The average Bonchev–Trinajstić information content (AvgIpc) is 4.07. The summed E-state index contributed by atoms with van der Waals surface area (Å²) in [4.78, 5) is 2.52. The molecule has 0 bridgehead atoms. The maximum atomic E-state index is 6.38. The molecule has 0 radical (unpaired) electrons. The number of hydrogen-bond acceptors (Lipinski definition) is 2. The fourth-order valence-electron chi connectivity index (χ4n) is 12.6. The monoisotopic (exact) mass is 905 g/mol. The van der Waals surface area contributed by atoms with Crippen molar-refractivity contribution in [2.75, 3.05) is 4.90 Å². The second-order valence-electron chi connectivity index (χ2n) is 19.2. The van der Waals surface area contributed by atoms with E-state index >= 15 is 0 Å². The minimum atomic E-state index is -0.561. The summed E-state index contributed by atoms with van der Waals surface area (Å²) in [5.74, 6) is 0. The molecule has 1 atom stereocenters. The van der Waals surface area contributed by atoms with Gasteiger partial charge in [0, 0.05) is 27.7 Å². The number of furan rings is 1. The van der Waals surface area contributed by atoms with E-state index in [0.717, 1.165) is 62.1 Å². The second-order valence-corrected chi connectivity index (χ2v) is 19.2. The number of allylic oxidation sites excluding steroid dienone is 5. The highest BCUT2D eigenvalue weighted by Gasteiger charge is 2.48. The number of hydrogen-bond donors (Lipinski definition) is 0. The molecule has 0 fully saturated rings. The van der Waals surface area contributed by atoms with Gasteiger partial charge in [-0.25, -0.2) is 0 Å². The lowest BCUT2D eigenvalue weighted by Crippen LogP contribution is -2.28. The topological polar surface area (TPSA) is 16.4 Å². The molecule has 11 aromatic rings. The van der Waals surface area contributed by atoms with Crippen molar-refractivity contribution in [1.82, 2.24) is 0 Å². The van der Waals surface area contributed by atoms with Gasteiger partial charge in [-0.05, 0) is 133 Å². The molecule has 2 heteroatoms. The molecule has 1 aromatic heterocycles. The number of fused-ring (bicyclic) bond motifs is 13. The van der Waals surface area contributed by atoms with Gasteiger partial charge in [0.25, 0.3) is 0 Å². The zero-order valence-corrected chi connectivity index (χ0v) is 39.1. The van der Waals surface area contributed by atoms with E-state index in [1.807, 2.05) is 12.1 Å². The van der Waals surface area contributed by atoms with Crippen molar-refractivity contribution < 1.29 is 4.42 Å². The van der Waals surface area contributed by atoms with Gasteiger partial charge in [0.1, 0.15) is 11.2 Å². The Kier molecular flexibility index (Phi) is 9.28. The van der Waals surface area contributed by atoms with Crippen molar-refractivity contribution in [3.63, 3.8) is 0 Å². The molecule has 3 aliphatic rings. The summed E-state index contributed by atoms with van der Waals surface area (Å²) in [6.07, 6.45) is 9.61. The highest BCUT2D eigenvalue weighted by atomic mass is 16.3. The smallest absolute Gasteiger partial charge is 0.136 e. The largest absolute Gasteiger partial charge is 0.456 e. The lowest BCUT2D eigenvalue weighted by Gasteiger charge is -2.35. The van der Waals surface area contributed by atoms with Crippen molar-refractivity contribution in [3.05, 3.63) is 312 Å². The highest BCUT2D eigenvalue weighted by Crippen LogP contribution is 2.61. The van der Waals surface area contributed by atoms with E-state index in [-0.39, 0.29) is 0 Å². The van der Waals surface area contributed by atoms with E-state index in [1.165, 1.54) is 66.8 Å². The number of para-hydroxylation sites is 1. The first-order valence-electron chi connectivity index (χ1n) is 24.7. The number of nitrogens with zero attached hydrogens (tertiary/aromatic N) is 1. The molecule has 0 amide bonds. The maximum Gasteiger partial charge on any atom is 0.136 e. The molecule has 334 valence electrons. The van der Waals surface area contributed by atoms with E-state index in [1.54, 1.807) is 0 Å². The summed E-state index contributed by atoms with van der Waals surface area (Å²) in [5, 5.41) is 2.26. The Balaban J connectivity index is 1.02. The Labute approximate surface area is 414 Å². The van der Waals surface area contributed by atoms with Crippen molar-refractivity contribution in [2.24, 2.45) is 0 Å². The van der Waals surface area contributed by atoms with Crippen LogP contribution in [0.5, 0.6) is 0 Å². The molecule has 2 nitrogen and oxygen atoms in total. The van der Waals surface area contributed by atoms with Crippen LogP contribution in [0.4, 0.5) is 17.1 Å². The van der Waals surface area contributed by atoms with Gasteiger partial charge in [0.15, 0.2) is 0 Å². The Hall–Kier alpha value is -8.98. The third kappa shape index (κ3) is 6.01. The molecule has 0 N–H and O–H groups in total. The van der Waals surface area contributed by atoms with Crippen LogP contribution in [0.1, 0.15) is 50.9 Å². The lowest BCUT2D eigenvalue weighted by atomic mass is 9.67. The van der Waals surface area contributed by atoms with Crippen LogP contribution in [0.3, 0.4) is 0 Å². The minimum Gasteiger partial charge on any atom is -0.456 e. The molecule has 3 aliphatic carbocycles. The lowest BCUT2D eigenvalue weighted by molar-refractivity contribution is 0.643. The maximum absolute atomic E-state index is 6.38. The molecule has 0 aliphatic heterocycles. The predicted octanol–water partition coefficient (Wildman–Crippen LogP) is 17.9. The summed E-state index contributed by atoms with van der Waals surface area (Å²) in [7, 11) is 0. The quantitative estimate of drug-likeness (QED) is 0.165. The van der Waals surface area contributed by atoms with Crippen LogP contribution in [-0.4, -0.2) is 0 Å². The van der Waals surface area contributed by atoms with Crippen molar-refractivity contribution in [3.8, 4) is 33.4 Å². The molecule has 1 spiro atoms. The van der Waals surface area contributed by atoms with Crippen LogP contribution in [-0.2, 0) is 10.8 Å². The van der Waals surface area contributed by atoms with Gasteiger partial charge in [-0.3, -0.25) is 0 Å². The van der Waals surface area contributed by atoms with E-state index in [0.29, 0.717) is 0 Å². The van der Waals surface area contributed by atoms with Gasteiger partial charge >= 0.3 is 0 Å². The van der Waals surface area contributed by atoms with Gasteiger partial charge in [-0.15, -0.1) is 0 Å². The van der Waals surface area contributed by atoms with Crippen LogP contribution < -0.4 is 4.90 Å². The molecule has 71 heavy (non-hydrogen) atoms. The van der Waals surface area contributed by atoms with Gasteiger partial charge in [0.2, 0.25) is 0 Å². The van der Waals surface area contributed by atoms with Crippen LogP contribution in [0.25, 0.3) is 60.9 Å². The highest BCUT2D eigenvalue weighted by molar-refractivity contribution is 6.06. The first kappa shape index (κ1) is 41.0. The Morgan fingerprint density at radius 2 is 1.00 bits per heavy atom. The summed E-state index contributed by atoms with van der Waals surface area (Å²) < 4.78 is 6.38. The molecule has 1 unspecified atom stereocenters. The standard InChI is InChI=1S/C69H47NO/c1-46-20-5-4-18-43-68(59-29-14-10-25-53(46)59)60-30-15-12-28-58(60)67-62(68)32-19-33-64(67)70(51-38-35-47(36-39-51)48-37-41-57-56-27-13-17-34-65(56)71-66(57)44-48)52-40-42-55-54-26-11-16-31-61(54)69(63(55)45-52,49-21-6-2-7-22-49)50-23-8-3-9-24-50/h2-42,44-45H,1,43H2/b18-4-,20-5-. The van der Waals surface area contributed by atoms with E-state index in [9.17, 15) is 0 Å². The summed E-state index contributed by atoms with van der Waals surface area (Å²) >= 11 is 0. The fraction of sp³-hybridized carbons (Fsp3) is 0.0435. The summed E-state index contributed by atoms with van der Waals surface area (Å²) in [6, 6.07) is 87.4. The SMILES string of the molecule is C=C1/C=C\C=C/CC2(c3ccccc31)c1ccccc1-c1c(N(c3ccc(-c4ccc5c(c4)oc4ccccc45)cc3)c3ccc4c(c3)C(c3ccccc3)(c3ccccc3)c3ccccc3-4)cccc12. The molecule has 1 heterocycles. The first-order valence-corrected chi connectivity index (χ1v) is 24.7. The summed E-state index contributed by atoms with van der Waals surface area (Å²) in [6.45, 7) is 4.61. The van der Waals surface area contributed by atoms with Crippen LogP contribution in [0.15, 0.2) is 272 Å². The van der Waals surface area contributed by atoms with Crippen molar-refractivity contribution in [2.45, 2.75) is 17.3 Å². The zero-order valence-electron chi connectivity index (χ0n) is 39.1. The van der Waals surface area contributed by atoms with Gasteiger partial charge in [-0.1, -0.05) is 219 Å². The molecule has 14 rings (SSSR count). The third-order valence-electron chi connectivity index (χ3n) is 15.6. The molecule has 0 saturated carbocycles. The van der Waals surface area contributed by atoms with Crippen molar-refractivity contribution in [1.29, 1.82) is 0 Å². The predicted molar refractivity (Wildman–Crippen MR) is 295 cm³/mol. The minimum absolute atomic E-state index is 0.468. The van der Waals surface area contributed by atoms with E-state index < -0.39 is 10.8 Å². The number of rotatable bonds is 6. The van der Waals surface area contributed by atoms with Crippen LogP contribution >= 0.6 is 0 Å². The average molecular weight is 906 g/mol. The Morgan fingerprint density at radius 3 is 1.77 bits per heavy atom. The molecular formula is C69H47NO. The van der Waals surface area contributed by atoms with E-state index in [4.69, 9.17) is 4.42 Å². The second kappa shape index (κ2) is 16.1. The normalized spacial score (nSPS) is 16.8. The van der Waals surface area contributed by atoms with E-state index in [2.05, 4.69) is 260 Å². The number of benzene rings is 10. The van der Waals surface area contributed by atoms with Gasteiger partial charge in [0.05, 0.1) is 16.5 Å². The molecule has 10 aromatic carbocycles. The molecular weight excluding hydrogens is 859 g/mol.